The van der Waals surface area contributed by atoms with Crippen molar-refractivity contribution < 1.29 is 9.47 Å². The van der Waals surface area contributed by atoms with Crippen molar-refractivity contribution in [3.63, 3.8) is 0 Å². The Morgan fingerprint density at radius 1 is 0.952 bits per heavy atom. The molecular weight excluding hydrogens is 309 g/mol. The molecule has 0 aromatic heterocycles. The van der Waals surface area contributed by atoms with Gasteiger partial charge in [-0.1, -0.05) is 41.4 Å². The van der Waals surface area contributed by atoms with Crippen LogP contribution < -0.4 is 14.8 Å². The molecule has 0 atom stereocenters. The van der Waals surface area contributed by atoms with Crippen molar-refractivity contribution in [2.45, 2.75) is 6.54 Å². The average Bonchev–Trinajstić information content (AvgIpc) is 2.47. The molecule has 112 valence electrons. The number of rotatable bonds is 7. The zero-order valence-electron chi connectivity index (χ0n) is 11.7. The summed E-state index contributed by atoms with van der Waals surface area (Å²) >= 11 is 12.0. The molecule has 0 saturated heterocycles. The van der Waals surface area contributed by atoms with Crippen LogP contribution in [0.5, 0.6) is 11.5 Å². The van der Waals surface area contributed by atoms with Gasteiger partial charge in [0.05, 0.1) is 10.0 Å². The van der Waals surface area contributed by atoms with Crippen molar-refractivity contribution in [2.75, 3.05) is 20.3 Å². The monoisotopic (exact) mass is 325 g/mol. The summed E-state index contributed by atoms with van der Waals surface area (Å²) in [4.78, 5) is 0. The maximum atomic E-state index is 6.02. The Bertz CT molecular complexity index is 570. The first-order chi connectivity index (χ1) is 10.2. The van der Waals surface area contributed by atoms with Gasteiger partial charge in [-0.05, 0) is 36.9 Å². The van der Waals surface area contributed by atoms with E-state index in [-0.39, 0.29) is 0 Å². The van der Waals surface area contributed by atoms with Crippen LogP contribution in [0.2, 0.25) is 10.0 Å². The summed E-state index contributed by atoms with van der Waals surface area (Å²) in [5, 5.41) is 4.10. The highest BCUT2D eigenvalue weighted by Gasteiger charge is 2.06. The Hall–Kier alpha value is -1.42. The van der Waals surface area contributed by atoms with E-state index in [0.29, 0.717) is 29.0 Å². The summed E-state index contributed by atoms with van der Waals surface area (Å²) < 4.78 is 11.2. The Labute approximate surface area is 134 Å². The second-order valence-electron chi connectivity index (χ2n) is 4.43. The Kier molecular flexibility index (Phi) is 6.18. The van der Waals surface area contributed by atoms with Crippen molar-refractivity contribution in [3.8, 4) is 11.5 Å². The van der Waals surface area contributed by atoms with Gasteiger partial charge in [0.25, 0.3) is 0 Å². The zero-order chi connectivity index (χ0) is 15.1. The average molecular weight is 326 g/mol. The molecule has 0 aliphatic carbocycles. The Balaban J connectivity index is 1.83. The minimum absolute atomic E-state index is 0.375. The van der Waals surface area contributed by atoms with E-state index < -0.39 is 0 Å². The first-order valence-electron chi connectivity index (χ1n) is 6.64. The smallest absolute Gasteiger partial charge is 0.156 e. The lowest BCUT2D eigenvalue weighted by Crippen LogP contribution is -2.10. The molecule has 0 radical (unpaired) electrons. The third-order valence-corrected chi connectivity index (χ3v) is 3.39. The number of halogens is 2. The lowest BCUT2D eigenvalue weighted by atomic mass is 10.2. The molecule has 0 aliphatic rings. The van der Waals surface area contributed by atoms with E-state index in [9.17, 15) is 0 Å². The maximum Gasteiger partial charge on any atom is 0.156 e. The number of hydrogen-bond acceptors (Lipinski definition) is 3. The van der Waals surface area contributed by atoms with Crippen LogP contribution in [0.25, 0.3) is 0 Å². The topological polar surface area (TPSA) is 30.5 Å². The van der Waals surface area contributed by atoms with E-state index in [1.807, 2.05) is 31.3 Å². The number of para-hydroxylation sites is 1. The van der Waals surface area contributed by atoms with Crippen molar-refractivity contribution in [2.24, 2.45) is 0 Å². The van der Waals surface area contributed by atoms with Gasteiger partial charge in [-0.25, -0.2) is 0 Å². The van der Waals surface area contributed by atoms with Crippen molar-refractivity contribution >= 4 is 23.2 Å². The predicted molar refractivity (Wildman–Crippen MR) is 86.7 cm³/mol. The fourth-order valence-electron chi connectivity index (χ4n) is 1.87. The molecule has 2 aromatic carbocycles. The van der Waals surface area contributed by atoms with E-state index in [4.69, 9.17) is 32.7 Å². The first kappa shape index (κ1) is 16.0. The third kappa shape index (κ3) is 4.81. The van der Waals surface area contributed by atoms with Gasteiger partial charge in [-0.3, -0.25) is 0 Å². The van der Waals surface area contributed by atoms with E-state index >= 15 is 0 Å². The van der Waals surface area contributed by atoms with Crippen LogP contribution >= 0.6 is 23.2 Å². The minimum atomic E-state index is 0.375. The van der Waals surface area contributed by atoms with Crippen molar-refractivity contribution in [1.82, 2.24) is 5.32 Å². The van der Waals surface area contributed by atoms with Crippen LogP contribution in [-0.2, 0) is 6.54 Å². The van der Waals surface area contributed by atoms with Gasteiger partial charge in [-0.15, -0.1) is 0 Å². The Morgan fingerprint density at radius 3 is 2.33 bits per heavy atom. The normalized spacial score (nSPS) is 10.4. The quantitative estimate of drug-likeness (QED) is 0.775. The summed E-state index contributed by atoms with van der Waals surface area (Å²) in [5.74, 6) is 1.31. The van der Waals surface area contributed by atoms with Crippen LogP contribution in [0.4, 0.5) is 0 Å². The highest BCUT2D eigenvalue weighted by molar-refractivity contribution is 6.37. The molecule has 3 nitrogen and oxygen atoms in total. The Morgan fingerprint density at radius 2 is 1.62 bits per heavy atom. The van der Waals surface area contributed by atoms with Gasteiger partial charge in [0, 0.05) is 6.54 Å². The van der Waals surface area contributed by atoms with Gasteiger partial charge in [0.15, 0.2) is 5.75 Å². The van der Waals surface area contributed by atoms with E-state index in [0.717, 1.165) is 12.3 Å². The molecule has 0 amide bonds. The van der Waals surface area contributed by atoms with Gasteiger partial charge in [0.2, 0.25) is 0 Å². The van der Waals surface area contributed by atoms with Gasteiger partial charge >= 0.3 is 0 Å². The van der Waals surface area contributed by atoms with E-state index in [1.165, 1.54) is 5.56 Å². The van der Waals surface area contributed by atoms with Crippen LogP contribution in [0.15, 0.2) is 42.5 Å². The second kappa shape index (κ2) is 8.13. The molecule has 0 fully saturated rings. The molecular formula is C16H17Cl2NO2. The summed E-state index contributed by atoms with van der Waals surface area (Å²) in [6.07, 6.45) is 0. The minimum Gasteiger partial charge on any atom is -0.490 e. The summed E-state index contributed by atoms with van der Waals surface area (Å²) in [5.41, 5.74) is 1.17. The fourth-order valence-corrected chi connectivity index (χ4v) is 2.38. The highest BCUT2D eigenvalue weighted by Crippen LogP contribution is 2.32. The first-order valence-corrected chi connectivity index (χ1v) is 7.39. The van der Waals surface area contributed by atoms with Crippen LogP contribution in [0, 0.1) is 0 Å². The number of benzene rings is 2. The van der Waals surface area contributed by atoms with E-state index in [1.54, 1.807) is 18.2 Å². The molecule has 1 N–H and O–H groups in total. The molecule has 0 bridgehead atoms. The molecule has 0 heterocycles. The summed E-state index contributed by atoms with van der Waals surface area (Å²) in [6.45, 7) is 1.60. The van der Waals surface area contributed by atoms with Crippen LogP contribution in [0.1, 0.15) is 5.56 Å². The molecule has 2 aromatic rings. The van der Waals surface area contributed by atoms with Crippen LogP contribution in [0.3, 0.4) is 0 Å². The highest BCUT2D eigenvalue weighted by atomic mass is 35.5. The van der Waals surface area contributed by atoms with Crippen LogP contribution in [-0.4, -0.2) is 20.3 Å². The molecule has 21 heavy (non-hydrogen) atoms. The largest absolute Gasteiger partial charge is 0.490 e. The predicted octanol–water partition coefficient (Wildman–Crippen LogP) is 4.17. The van der Waals surface area contributed by atoms with Crippen molar-refractivity contribution in [1.29, 1.82) is 0 Å². The lowest BCUT2D eigenvalue weighted by molar-refractivity contribution is 0.217. The van der Waals surface area contributed by atoms with Gasteiger partial charge < -0.3 is 14.8 Å². The zero-order valence-corrected chi connectivity index (χ0v) is 13.2. The van der Waals surface area contributed by atoms with E-state index in [2.05, 4.69) is 5.32 Å². The number of nitrogens with one attached hydrogen (secondary N) is 1. The SMILES string of the molecule is CNCc1cccc(OCCOc2c(Cl)cccc2Cl)c1. The van der Waals surface area contributed by atoms with Gasteiger partial charge in [0.1, 0.15) is 19.0 Å². The molecule has 0 unspecified atom stereocenters. The fraction of sp³-hybridized carbons (Fsp3) is 0.250. The molecule has 0 spiro atoms. The van der Waals surface area contributed by atoms with Gasteiger partial charge in [-0.2, -0.15) is 0 Å². The third-order valence-electron chi connectivity index (χ3n) is 2.80. The molecule has 0 aliphatic heterocycles. The number of hydrogen-bond donors (Lipinski definition) is 1. The molecule has 0 saturated carbocycles. The molecule has 2 rings (SSSR count). The maximum absolute atomic E-state index is 6.02. The lowest BCUT2D eigenvalue weighted by Gasteiger charge is -2.11. The van der Waals surface area contributed by atoms with Crippen molar-refractivity contribution in [3.05, 3.63) is 58.1 Å². The standard InChI is InChI=1S/C16H17Cl2NO2/c1-19-11-12-4-2-5-13(10-12)20-8-9-21-16-14(17)6-3-7-15(16)18/h2-7,10,19H,8-9,11H2,1H3. The summed E-state index contributed by atoms with van der Waals surface area (Å²) in [6, 6.07) is 13.2. The second-order valence-corrected chi connectivity index (χ2v) is 5.24. The number of ether oxygens (including phenoxy) is 2. The molecule has 5 heteroatoms. The summed E-state index contributed by atoms with van der Waals surface area (Å²) in [7, 11) is 1.91.